The van der Waals surface area contributed by atoms with Crippen LogP contribution in [0.5, 0.6) is 5.75 Å². The van der Waals surface area contributed by atoms with E-state index in [1.165, 1.54) is 6.21 Å². The van der Waals surface area contributed by atoms with Gasteiger partial charge in [0.2, 0.25) is 6.61 Å². The van der Waals surface area contributed by atoms with Crippen LogP contribution in [-0.4, -0.2) is 30.5 Å². The number of oxime groups is 1. The van der Waals surface area contributed by atoms with Crippen LogP contribution in [0.15, 0.2) is 42.1 Å². The molecule has 0 saturated carbocycles. The summed E-state index contributed by atoms with van der Waals surface area (Å²) in [7, 11) is 0. The maximum atomic E-state index is 10.2. The van der Waals surface area contributed by atoms with Gasteiger partial charge in [0.15, 0.2) is 0 Å². The van der Waals surface area contributed by atoms with Gasteiger partial charge in [-0.25, -0.2) is 4.79 Å². The van der Waals surface area contributed by atoms with E-state index in [0.29, 0.717) is 17.9 Å². The van der Waals surface area contributed by atoms with Gasteiger partial charge in [-0.2, -0.15) is 0 Å². The number of carbonyl (C=O) groups is 1. The summed E-state index contributed by atoms with van der Waals surface area (Å²) in [6, 6.07) is 7.21. The molecule has 0 aliphatic rings. The number of aliphatic carboxylic acids is 1. The van der Waals surface area contributed by atoms with Crippen molar-refractivity contribution in [2.45, 2.75) is 0 Å². The molecule has 5 heteroatoms. The monoisotopic (exact) mass is 235 g/mol. The molecule has 1 aromatic rings. The summed E-state index contributed by atoms with van der Waals surface area (Å²) in [5.74, 6) is -0.437. The highest BCUT2D eigenvalue weighted by Crippen LogP contribution is 2.15. The van der Waals surface area contributed by atoms with Gasteiger partial charge in [0.25, 0.3) is 0 Å². The van der Waals surface area contributed by atoms with E-state index in [1.807, 2.05) is 12.1 Å². The van der Waals surface area contributed by atoms with Crippen LogP contribution in [-0.2, 0) is 9.63 Å². The lowest BCUT2D eigenvalue weighted by Crippen LogP contribution is -2.03. The van der Waals surface area contributed by atoms with Crippen LogP contribution in [0.4, 0.5) is 0 Å². The topological polar surface area (TPSA) is 68.1 Å². The van der Waals surface area contributed by atoms with Gasteiger partial charge in [0.1, 0.15) is 12.4 Å². The smallest absolute Gasteiger partial charge is 0.344 e. The zero-order valence-corrected chi connectivity index (χ0v) is 9.20. The van der Waals surface area contributed by atoms with Crippen molar-refractivity contribution >= 4 is 12.2 Å². The van der Waals surface area contributed by atoms with E-state index in [9.17, 15) is 4.79 Å². The molecule has 5 nitrogen and oxygen atoms in total. The lowest BCUT2D eigenvalue weighted by Gasteiger charge is -2.05. The maximum absolute atomic E-state index is 10.2. The molecule has 1 N–H and O–H groups in total. The van der Waals surface area contributed by atoms with Gasteiger partial charge in [-0.15, -0.1) is 0 Å². The fourth-order valence-corrected chi connectivity index (χ4v) is 1.05. The molecule has 0 spiro atoms. The average Bonchev–Trinajstić information content (AvgIpc) is 2.33. The molecule has 0 unspecified atom stereocenters. The molecule has 17 heavy (non-hydrogen) atoms. The number of rotatable bonds is 7. The summed E-state index contributed by atoms with van der Waals surface area (Å²) in [6.07, 6.45) is 3.04. The normalized spacial score (nSPS) is 10.1. The summed E-state index contributed by atoms with van der Waals surface area (Å²) in [5, 5.41) is 11.9. The van der Waals surface area contributed by atoms with Crippen LogP contribution in [0.25, 0.3) is 0 Å². The largest absolute Gasteiger partial charge is 0.489 e. The minimum atomic E-state index is -1.07. The molecule has 1 aromatic carbocycles. The van der Waals surface area contributed by atoms with E-state index in [2.05, 4.69) is 16.6 Å². The van der Waals surface area contributed by atoms with Gasteiger partial charge in [0, 0.05) is 5.56 Å². The molecule has 0 aliphatic heterocycles. The van der Waals surface area contributed by atoms with E-state index in [-0.39, 0.29) is 0 Å². The fourth-order valence-electron chi connectivity index (χ4n) is 1.05. The lowest BCUT2D eigenvalue weighted by atomic mass is 10.2. The van der Waals surface area contributed by atoms with Crippen LogP contribution < -0.4 is 4.74 Å². The summed E-state index contributed by atoms with van der Waals surface area (Å²) >= 11 is 0. The molecule has 0 bridgehead atoms. The van der Waals surface area contributed by atoms with Crippen molar-refractivity contribution in [2.75, 3.05) is 13.2 Å². The maximum Gasteiger partial charge on any atom is 0.344 e. The van der Waals surface area contributed by atoms with E-state index < -0.39 is 12.6 Å². The van der Waals surface area contributed by atoms with Crippen LogP contribution in [0, 0.1) is 0 Å². The van der Waals surface area contributed by atoms with Crippen molar-refractivity contribution in [1.82, 2.24) is 0 Å². The third-order valence-corrected chi connectivity index (χ3v) is 1.73. The molecular formula is C12H13NO4. The van der Waals surface area contributed by atoms with Crippen LogP contribution in [0.1, 0.15) is 5.56 Å². The molecule has 90 valence electrons. The van der Waals surface area contributed by atoms with Crippen molar-refractivity contribution in [3.8, 4) is 5.75 Å². The second-order valence-electron chi connectivity index (χ2n) is 3.04. The van der Waals surface area contributed by atoms with Crippen molar-refractivity contribution in [2.24, 2.45) is 5.16 Å². The highest BCUT2D eigenvalue weighted by atomic mass is 16.6. The molecule has 0 heterocycles. The zero-order chi connectivity index (χ0) is 12.5. The van der Waals surface area contributed by atoms with Crippen molar-refractivity contribution in [3.05, 3.63) is 42.5 Å². The van der Waals surface area contributed by atoms with Gasteiger partial charge in [0.05, 0.1) is 6.21 Å². The molecule has 0 fully saturated rings. The first kappa shape index (κ1) is 12.8. The zero-order valence-electron chi connectivity index (χ0n) is 9.20. The van der Waals surface area contributed by atoms with Gasteiger partial charge in [-0.05, 0) is 12.1 Å². The Bertz CT molecular complexity index is 415. The first-order valence-electron chi connectivity index (χ1n) is 4.94. The number of carboxylic acids is 1. The minimum Gasteiger partial charge on any atom is -0.489 e. The van der Waals surface area contributed by atoms with Crippen LogP contribution in [0.2, 0.25) is 0 Å². The second kappa shape index (κ2) is 7.05. The second-order valence-corrected chi connectivity index (χ2v) is 3.04. The van der Waals surface area contributed by atoms with E-state index in [0.717, 1.165) is 0 Å². The lowest BCUT2D eigenvalue weighted by molar-refractivity contribution is -0.142. The Kier molecular flexibility index (Phi) is 5.30. The number of hydrogen-bond acceptors (Lipinski definition) is 4. The summed E-state index contributed by atoms with van der Waals surface area (Å²) in [4.78, 5) is 14.7. The van der Waals surface area contributed by atoms with Crippen molar-refractivity contribution < 1.29 is 19.5 Å². The highest BCUT2D eigenvalue weighted by molar-refractivity contribution is 5.83. The number of benzene rings is 1. The Morgan fingerprint density at radius 2 is 2.24 bits per heavy atom. The van der Waals surface area contributed by atoms with Crippen LogP contribution in [0.3, 0.4) is 0 Å². The van der Waals surface area contributed by atoms with E-state index in [4.69, 9.17) is 9.84 Å². The highest BCUT2D eigenvalue weighted by Gasteiger charge is 1.99. The van der Waals surface area contributed by atoms with Gasteiger partial charge in [-0.1, -0.05) is 29.9 Å². The van der Waals surface area contributed by atoms with Gasteiger partial charge < -0.3 is 14.7 Å². The van der Waals surface area contributed by atoms with Gasteiger partial charge in [-0.3, -0.25) is 0 Å². The van der Waals surface area contributed by atoms with Crippen molar-refractivity contribution in [3.63, 3.8) is 0 Å². The number of ether oxygens (including phenoxy) is 1. The first-order chi connectivity index (χ1) is 8.24. The van der Waals surface area contributed by atoms with Crippen molar-refractivity contribution in [1.29, 1.82) is 0 Å². The molecule has 1 rings (SSSR count). The molecule has 0 aromatic heterocycles. The Morgan fingerprint density at radius 1 is 1.47 bits per heavy atom. The molecule has 0 amide bonds. The van der Waals surface area contributed by atoms with Crippen LogP contribution >= 0.6 is 0 Å². The number of carboxylic acid groups (broad SMARTS) is 1. The number of para-hydroxylation sites is 1. The Morgan fingerprint density at radius 3 is 2.94 bits per heavy atom. The minimum absolute atomic E-state index is 0.390. The van der Waals surface area contributed by atoms with E-state index >= 15 is 0 Å². The SMILES string of the molecule is C=CCOc1ccccc1C=NOCC(=O)O. The third-order valence-electron chi connectivity index (χ3n) is 1.73. The molecule has 0 saturated heterocycles. The summed E-state index contributed by atoms with van der Waals surface area (Å²) in [5.41, 5.74) is 0.708. The predicted octanol–water partition coefficient (Wildman–Crippen LogP) is 1.69. The molecule has 0 atom stereocenters. The number of hydrogen-bond donors (Lipinski definition) is 1. The molecule has 0 aliphatic carbocycles. The van der Waals surface area contributed by atoms with E-state index in [1.54, 1.807) is 18.2 Å². The molecular weight excluding hydrogens is 222 g/mol. The summed E-state index contributed by atoms with van der Waals surface area (Å²) < 4.78 is 5.38. The summed E-state index contributed by atoms with van der Waals surface area (Å²) in [6.45, 7) is 3.48. The Hall–Kier alpha value is -2.30. The predicted molar refractivity (Wildman–Crippen MR) is 63.3 cm³/mol. The first-order valence-corrected chi connectivity index (χ1v) is 4.94. The fraction of sp³-hybridized carbons (Fsp3) is 0.167. The van der Waals surface area contributed by atoms with Gasteiger partial charge >= 0.3 is 5.97 Å². The molecule has 0 radical (unpaired) electrons. The standard InChI is InChI=1S/C12H13NO4/c1-2-7-16-11-6-4-3-5-10(11)8-13-17-9-12(14)15/h2-6,8H,1,7,9H2,(H,14,15). The third kappa shape index (κ3) is 4.83. The Balaban J connectivity index is 2.62. The number of nitrogens with zero attached hydrogens (tertiary/aromatic N) is 1. The Labute approximate surface area is 99.0 Å². The quantitative estimate of drug-likeness (QED) is 0.443. The average molecular weight is 235 g/mol.